The molecular weight excluding hydrogens is 204 g/mol. The molecule has 3 nitrogen and oxygen atoms in total. The summed E-state index contributed by atoms with van der Waals surface area (Å²) < 4.78 is 11.0. The smallest absolute Gasteiger partial charge is 0.123 e. The molecule has 88 valence electrons. The van der Waals surface area contributed by atoms with Gasteiger partial charge in [0.1, 0.15) is 17.6 Å². The van der Waals surface area contributed by atoms with Crippen LogP contribution in [-0.4, -0.2) is 24.4 Å². The molecule has 0 bridgehead atoms. The average Bonchev–Trinajstić information content (AvgIpc) is 2.29. The van der Waals surface area contributed by atoms with Gasteiger partial charge in [-0.15, -0.1) is 0 Å². The van der Waals surface area contributed by atoms with Gasteiger partial charge in [-0.2, -0.15) is 0 Å². The van der Waals surface area contributed by atoms with Gasteiger partial charge in [0.25, 0.3) is 0 Å². The predicted molar refractivity (Wildman–Crippen MR) is 61.9 cm³/mol. The quantitative estimate of drug-likeness (QED) is 0.853. The highest BCUT2D eigenvalue weighted by molar-refractivity contribution is 5.32. The Hall–Kier alpha value is -1.22. The molecule has 2 atom stereocenters. The summed E-state index contributed by atoms with van der Waals surface area (Å²) in [4.78, 5) is 0. The molecule has 1 aromatic carbocycles. The number of benzene rings is 1. The molecule has 0 aliphatic heterocycles. The van der Waals surface area contributed by atoms with Crippen LogP contribution in [0.1, 0.15) is 25.7 Å². The fourth-order valence-corrected chi connectivity index (χ4v) is 2.09. The molecule has 1 aromatic rings. The first-order valence-electron chi connectivity index (χ1n) is 5.76. The maximum Gasteiger partial charge on any atom is 0.123 e. The summed E-state index contributed by atoms with van der Waals surface area (Å²) in [5, 5.41) is 9.55. The van der Waals surface area contributed by atoms with Crippen molar-refractivity contribution < 1.29 is 14.6 Å². The molecule has 0 radical (unpaired) electrons. The number of ether oxygens (including phenoxy) is 2. The minimum absolute atomic E-state index is 0.135. The van der Waals surface area contributed by atoms with Gasteiger partial charge < -0.3 is 14.6 Å². The van der Waals surface area contributed by atoms with Crippen LogP contribution in [-0.2, 0) is 0 Å². The first-order valence-corrected chi connectivity index (χ1v) is 5.76. The Bertz CT molecular complexity index is 338. The van der Waals surface area contributed by atoms with Crippen molar-refractivity contribution in [3.8, 4) is 11.5 Å². The number of rotatable bonds is 3. The molecular formula is C13H18O3. The normalized spacial score (nSPS) is 25.1. The standard InChI is InChI=1S/C13H18O3/c1-15-11-5-3-7-13(9-11)16-12-6-2-4-10(14)8-12/h3,5,7,9-10,12,14H,2,4,6,8H2,1H3. The molecule has 0 aromatic heterocycles. The average molecular weight is 222 g/mol. The van der Waals surface area contributed by atoms with Gasteiger partial charge in [0.05, 0.1) is 13.2 Å². The Kier molecular flexibility index (Phi) is 3.67. The van der Waals surface area contributed by atoms with Gasteiger partial charge in [-0.25, -0.2) is 0 Å². The summed E-state index contributed by atoms with van der Waals surface area (Å²) in [5.74, 6) is 1.62. The van der Waals surface area contributed by atoms with Gasteiger partial charge in [0.2, 0.25) is 0 Å². The van der Waals surface area contributed by atoms with Gasteiger partial charge in [-0.05, 0) is 31.4 Å². The summed E-state index contributed by atoms with van der Waals surface area (Å²) >= 11 is 0. The Morgan fingerprint density at radius 1 is 1.25 bits per heavy atom. The van der Waals surface area contributed by atoms with E-state index in [4.69, 9.17) is 9.47 Å². The van der Waals surface area contributed by atoms with E-state index in [0.29, 0.717) is 0 Å². The zero-order valence-corrected chi connectivity index (χ0v) is 9.56. The second kappa shape index (κ2) is 5.21. The number of hydrogen-bond donors (Lipinski definition) is 1. The second-order valence-electron chi connectivity index (χ2n) is 4.24. The number of aliphatic hydroxyl groups is 1. The van der Waals surface area contributed by atoms with E-state index < -0.39 is 0 Å². The third-order valence-electron chi connectivity index (χ3n) is 2.94. The predicted octanol–water partition coefficient (Wildman–Crippen LogP) is 2.38. The molecule has 0 heterocycles. The van der Waals surface area contributed by atoms with Crippen molar-refractivity contribution in [3.63, 3.8) is 0 Å². The van der Waals surface area contributed by atoms with E-state index in [1.807, 2.05) is 24.3 Å². The fourth-order valence-electron chi connectivity index (χ4n) is 2.09. The zero-order valence-electron chi connectivity index (χ0n) is 9.56. The second-order valence-corrected chi connectivity index (χ2v) is 4.24. The van der Waals surface area contributed by atoms with Crippen LogP contribution in [0.3, 0.4) is 0 Å². The zero-order chi connectivity index (χ0) is 11.4. The van der Waals surface area contributed by atoms with E-state index in [0.717, 1.165) is 37.2 Å². The van der Waals surface area contributed by atoms with Gasteiger partial charge in [0, 0.05) is 12.5 Å². The molecule has 1 fully saturated rings. The van der Waals surface area contributed by atoms with Gasteiger partial charge in [-0.3, -0.25) is 0 Å². The Balaban J connectivity index is 1.97. The van der Waals surface area contributed by atoms with Crippen molar-refractivity contribution >= 4 is 0 Å². The largest absolute Gasteiger partial charge is 0.497 e. The monoisotopic (exact) mass is 222 g/mol. The molecule has 0 amide bonds. The van der Waals surface area contributed by atoms with Gasteiger partial charge >= 0.3 is 0 Å². The highest BCUT2D eigenvalue weighted by Gasteiger charge is 2.21. The van der Waals surface area contributed by atoms with E-state index >= 15 is 0 Å². The van der Waals surface area contributed by atoms with Crippen molar-refractivity contribution in [2.45, 2.75) is 37.9 Å². The lowest BCUT2D eigenvalue weighted by molar-refractivity contribution is 0.0535. The van der Waals surface area contributed by atoms with Crippen molar-refractivity contribution in [2.24, 2.45) is 0 Å². The molecule has 16 heavy (non-hydrogen) atoms. The van der Waals surface area contributed by atoms with Crippen LogP contribution >= 0.6 is 0 Å². The van der Waals surface area contributed by atoms with Crippen LogP contribution in [0, 0.1) is 0 Å². The van der Waals surface area contributed by atoms with Crippen LogP contribution in [0.5, 0.6) is 11.5 Å². The summed E-state index contributed by atoms with van der Waals surface area (Å²) in [7, 11) is 1.64. The molecule has 1 aliphatic rings. The van der Waals surface area contributed by atoms with Crippen LogP contribution < -0.4 is 9.47 Å². The SMILES string of the molecule is COc1cccc(OC2CCCC(O)C2)c1. The van der Waals surface area contributed by atoms with E-state index in [2.05, 4.69) is 0 Å². The fraction of sp³-hybridized carbons (Fsp3) is 0.538. The van der Waals surface area contributed by atoms with Crippen LogP contribution in [0.25, 0.3) is 0 Å². The number of methoxy groups -OCH3 is 1. The van der Waals surface area contributed by atoms with Crippen molar-refractivity contribution in [2.75, 3.05) is 7.11 Å². The summed E-state index contributed by atoms with van der Waals surface area (Å²) in [6.45, 7) is 0. The minimum atomic E-state index is -0.204. The van der Waals surface area contributed by atoms with Crippen molar-refractivity contribution in [1.82, 2.24) is 0 Å². The molecule has 1 N–H and O–H groups in total. The summed E-state index contributed by atoms with van der Waals surface area (Å²) in [6, 6.07) is 7.60. The van der Waals surface area contributed by atoms with E-state index in [1.165, 1.54) is 0 Å². The highest BCUT2D eigenvalue weighted by atomic mass is 16.5. The van der Waals surface area contributed by atoms with E-state index in [1.54, 1.807) is 7.11 Å². The topological polar surface area (TPSA) is 38.7 Å². The molecule has 1 aliphatic carbocycles. The van der Waals surface area contributed by atoms with Crippen molar-refractivity contribution in [3.05, 3.63) is 24.3 Å². The Morgan fingerprint density at radius 2 is 2.06 bits per heavy atom. The third-order valence-corrected chi connectivity index (χ3v) is 2.94. The Morgan fingerprint density at radius 3 is 2.81 bits per heavy atom. The molecule has 2 unspecified atom stereocenters. The molecule has 2 rings (SSSR count). The summed E-state index contributed by atoms with van der Waals surface area (Å²) in [5.41, 5.74) is 0. The maximum atomic E-state index is 9.55. The van der Waals surface area contributed by atoms with Crippen LogP contribution in [0.15, 0.2) is 24.3 Å². The first-order chi connectivity index (χ1) is 7.78. The van der Waals surface area contributed by atoms with Gasteiger partial charge in [-0.1, -0.05) is 6.07 Å². The first kappa shape index (κ1) is 11.3. The van der Waals surface area contributed by atoms with Crippen LogP contribution in [0.4, 0.5) is 0 Å². The lowest BCUT2D eigenvalue weighted by atomic mass is 9.95. The highest BCUT2D eigenvalue weighted by Crippen LogP contribution is 2.25. The maximum absolute atomic E-state index is 9.55. The van der Waals surface area contributed by atoms with E-state index in [9.17, 15) is 5.11 Å². The molecule has 1 saturated carbocycles. The Labute approximate surface area is 96.0 Å². The number of aliphatic hydroxyl groups excluding tert-OH is 1. The molecule has 0 spiro atoms. The molecule has 3 heteroatoms. The molecule has 0 saturated heterocycles. The van der Waals surface area contributed by atoms with E-state index in [-0.39, 0.29) is 12.2 Å². The number of hydrogen-bond acceptors (Lipinski definition) is 3. The van der Waals surface area contributed by atoms with Gasteiger partial charge in [0.15, 0.2) is 0 Å². The summed E-state index contributed by atoms with van der Waals surface area (Å²) in [6.07, 6.45) is 3.62. The minimum Gasteiger partial charge on any atom is -0.497 e. The van der Waals surface area contributed by atoms with Crippen molar-refractivity contribution in [1.29, 1.82) is 0 Å². The lowest BCUT2D eigenvalue weighted by Gasteiger charge is -2.26. The van der Waals surface area contributed by atoms with Crippen LogP contribution in [0.2, 0.25) is 0 Å². The lowest BCUT2D eigenvalue weighted by Crippen LogP contribution is -2.28. The third kappa shape index (κ3) is 2.89.